The summed E-state index contributed by atoms with van der Waals surface area (Å²) in [5, 5.41) is 0.987. The number of nitrogens with zero attached hydrogens (tertiary/aromatic N) is 2. The molecule has 0 saturated carbocycles. The Bertz CT molecular complexity index is 919. The van der Waals surface area contributed by atoms with Crippen LogP contribution in [0.3, 0.4) is 0 Å². The van der Waals surface area contributed by atoms with Crippen LogP contribution in [0.5, 0.6) is 5.88 Å². The molecule has 1 aliphatic carbocycles. The Morgan fingerprint density at radius 3 is 3.04 bits per heavy atom. The van der Waals surface area contributed by atoms with E-state index in [9.17, 15) is 4.79 Å². The van der Waals surface area contributed by atoms with Crippen molar-refractivity contribution in [2.24, 2.45) is 5.92 Å². The Balaban J connectivity index is 1.61. The maximum atomic E-state index is 12.2. The lowest BCUT2D eigenvalue weighted by Gasteiger charge is -2.18. The second-order valence-corrected chi connectivity index (χ2v) is 8.83. The van der Waals surface area contributed by atoms with Crippen LogP contribution in [-0.4, -0.2) is 22.4 Å². The number of fused-ring (bicyclic) bond motifs is 3. The van der Waals surface area contributed by atoms with Gasteiger partial charge in [0.05, 0.1) is 14.6 Å². The molecule has 24 heavy (non-hydrogen) atoms. The van der Waals surface area contributed by atoms with E-state index in [0.29, 0.717) is 21.0 Å². The molecule has 0 unspecified atom stereocenters. The number of carbonyl (C=O) groups is 1. The number of halogens is 1. The summed E-state index contributed by atoms with van der Waals surface area (Å²) in [7, 11) is 0. The van der Waals surface area contributed by atoms with Crippen molar-refractivity contribution in [2.45, 2.75) is 26.2 Å². The zero-order chi connectivity index (χ0) is 16.7. The second kappa shape index (κ2) is 6.43. The number of rotatable bonds is 4. The van der Waals surface area contributed by atoms with E-state index in [4.69, 9.17) is 16.3 Å². The predicted octanol–water partition coefficient (Wildman–Crippen LogP) is 4.79. The maximum absolute atomic E-state index is 12.2. The van der Waals surface area contributed by atoms with Gasteiger partial charge in [-0.15, -0.1) is 22.7 Å². The lowest BCUT2D eigenvalue weighted by atomic mass is 9.89. The van der Waals surface area contributed by atoms with Gasteiger partial charge in [0.25, 0.3) is 0 Å². The molecule has 0 N–H and O–H groups in total. The minimum atomic E-state index is -0.0867. The molecule has 4 nitrogen and oxygen atoms in total. The van der Waals surface area contributed by atoms with Gasteiger partial charge in [-0.25, -0.2) is 9.97 Å². The van der Waals surface area contributed by atoms with Crippen LogP contribution in [0.2, 0.25) is 4.34 Å². The van der Waals surface area contributed by atoms with Crippen molar-refractivity contribution in [3.63, 3.8) is 0 Å². The van der Waals surface area contributed by atoms with Crippen LogP contribution >= 0.6 is 34.3 Å². The quantitative estimate of drug-likeness (QED) is 0.612. The molecule has 124 valence electrons. The number of hydrogen-bond donors (Lipinski definition) is 0. The van der Waals surface area contributed by atoms with Crippen molar-refractivity contribution in [1.82, 2.24) is 9.97 Å². The first-order valence-electron chi connectivity index (χ1n) is 7.78. The van der Waals surface area contributed by atoms with Gasteiger partial charge in [-0.2, -0.15) is 0 Å². The summed E-state index contributed by atoms with van der Waals surface area (Å²) in [5.41, 5.74) is 1.30. The molecule has 0 aromatic carbocycles. The topological polar surface area (TPSA) is 52.1 Å². The number of hydrogen-bond acceptors (Lipinski definition) is 6. The van der Waals surface area contributed by atoms with Crippen LogP contribution in [0.4, 0.5) is 0 Å². The molecular formula is C17H15ClN2O2S2. The van der Waals surface area contributed by atoms with E-state index in [0.717, 1.165) is 23.1 Å². The summed E-state index contributed by atoms with van der Waals surface area (Å²) in [5.74, 6) is 1.13. The van der Waals surface area contributed by atoms with E-state index >= 15 is 0 Å². The van der Waals surface area contributed by atoms with Gasteiger partial charge in [0.2, 0.25) is 11.7 Å². The van der Waals surface area contributed by atoms with E-state index in [1.165, 1.54) is 34.5 Å². The summed E-state index contributed by atoms with van der Waals surface area (Å²) >= 11 is 8.87. The third kappa shape index (κ3) is 2.94. The number of aryl methyl sites for hydroxylation is 1. The zero-order valence-corrected chi connectivity index (χ0v) is 15.4. The Morgan fingerprint density at radius 2 is 2.25 bits per heavy atom. The number of thiophene rings is 2. The Hall–Kier alpha value is -1.50. The fraction of sp³-hybridized carbons (Fsp3) is 0.353. The summed E-state index contributed by atoms with van der Waals surface area (Å²) in [6.45, 7) is 2.24. The van der Waals surface area contributed by atoms with E-state index in [2.05, 4.69) is 16.9 Å². The molecule has 0 amide bonds. The number of carbonyl (C=O) groups excluding carboxylic acids is 1. The standard InChI is InChI=1S/C17H15ClN2O2S2/c1-9-2-3-10-13(6-9)24-17-15(10)16(19-8-20-17)22-7-11(21)12-4-5-14(18)23-12/h4-5,8-9H,2-3,6-7H2,1H3/t9-/m1/s1. The SMILES string of the molecule is C[C@@H]1CCc2c(sc3ncnc(OCC(=O)c4ccc(Cl)s4)c23)C1. The van der Waals surface area contributed by atoms with Crippen molar-refractivity contribution in [1.29, 1.82) is 0 Å². The monoisotopic (exact) mass is 378 g/mol. The number of ketones is 1. The maximum Gasteiger partial charge on any atom is 0.226 e. The summed E-state index contributed by atoms with van der Waals surface area (Å²) < 4.78 is 6.37. The molecule has 0 spiro atoms. The van der Waals surface area contributed by atoms with E-state index in [-0.39, 0.29) is 12.4 Å². The van der Waals surface area contributed by atoms with Gasteiger partial charge in [0, 0.05) is 4.88 Å². The van der Waals surface area contributed by atoms with Crippen LogP contribution in [0.15, 0.2) is 18.5 Å². The van der Waals surface area contributed by atoms with Crippen LogP contribution in [-0.2, 0) is 12.8 Å². The Labute approximate surface area is 152 Å². The lowest BCUT2D eigenvalue weighted by Crippen LogP contribution is -2.12. The van der Waals surface area contributed by atoms with Crippen LogP contribution < -0.4 is 4.74 Å². The van der Waals surface area contributed by atoms with Gasteiger partial charge in [-0.3, -0.25) is 4.79 Å². The first-order valence-corrected chi connectivity index (χ1v) is 9.79. The molecule has 3 aromatic heterocycles. The number of aromatic nitrogens is 2. The third-order valence-electron chi connectivity index (χ3n) is 4.24. The molecule has 1 aliphatic rings. The molecule has 7 heteroatoms. The number of Topliss-reactive ketones (excluding diaryl/α,β-unsaturated/α-hetero) is 1. The highest BCUT2D eigenvalue weighted by Crippen LogP contribution is 2.40. The average Bonchev–Trinajstić information content (AvgIpc) is 3.15. The summed E-state index contributed by atoms with van der Waals surface area (Å²) in [4.78, 5) is 23.8. The highest BCUT2D eigenvalue weighted by Gasteiger charge is 2.24. The molecular weight excluding hydrogens is 364 g/mol. The Kier molecular flexibility index (Phi) is 4.28. The minimum Gasteiger partial charge on any atom is -0.469 e. The van der Waals surface area contributed by atoms with E-state index < -0.39 is 0 Å². The third-order valence-corrected chi connectivity index (χ3v) is 6.68. The lowest BCUT2D eigenvalue weighted by molar-refractivity contribution is 0.0923. The largest absolute Gasteiger partial charge is 0.469 e. The predicted molar refractivity (Wildman–Crippen MR) is 97.8 cm³/mol. The van der Waals surface area contributed by atoms with Gasteiger partial charge in [0.15, 0.2) is 6.61 Å². The van der Waals surface area contributed by atoms with Gasteiger partial charge >= 0.3 is 0 Å². The first kappa shape index (κ1) is 16.0. The normalized spacial score (nSPS) is 17.0. The van der Waals surface area contributed by atoms with Crippen molar-refractivity contribution < 1.29 is 9.53 Å². The zero-order valence-electron chi connectivity index (χ0n) is 13.0. The molecule has 0 radical (unpaired) electrons. The second-order valence-electron chi connectivity index (χ2n) is 6.03. The molecule has 3 aromatic rings. The van der Waals surface area contributed by atoms with Crippen molar-refractivity contribution in [3.05, 3.63) is 38.1 Å². The smallest absolute Gasteiger partial charge is 0.226 e. The molecule has 0 fully saturated rings. The molecule has 1 atom stereocenters. The van der Waals surface area contributed by atoms with E-state index in [1.807, 2.05) is 0 Å². The van der Waals surface area contributed by atoms with Crippen LogP contribution in [0, 0.1) is 5.92 Å². The van der Waals surface area contributed by atoms with Crippen LogP contribution in [0.25, 0.3) is 10.2 Å². The van der Waals surface area contributed by atoms with Gasteiger partial charge < -0.3 is 4.74 Å². The first-order chi connectivity index (χ1) is 11.6. The van der Waals surface area contributed by atoms with Crippen molar-refractivity contribution in [3.8, 4) is 5.88 Å². The van der Waals surface area contributed by atoms with E-state index in [1.54, 1.807) is 23.5 Å². The average molecular weight is 379 g/mol. The minimum absolute atomic E-state index is 0.0377. The fourth-order valence-electron chi connectivity index (χ4n) is 3.02. The molecule has 0 bridgehead atoms. The van der Waals surface area contributed by atoms with Gasteiger partial charge in [-0.1, -0.05) is 18.5 Å². The van der Waals surface area contributed by atoms with Crippen molar-refractivity contribution >= 4 is 50.3 Å². The molecule has 4 rings (SSSR count). The molecule has 3 heterocycles. The fourth-order valence-corrected chi connectivity index (χ4v) is 5.33. The highest BCUT2D eigenvalue weighted by atomic mass is 35.5. The summed E-state index contributed by atoms with van der Waals surface area (Å²) in [6, 6.07) is 3.45. The Morgan fingerprint density at radius 1 is 1.38 bits per heavy atom. The summed E-state index contributed by atoms with van der Waals surface area (Å²) in [6.07, 6.45) is 4.78. The van der Waals surface area contributed by atoms with Crippen LogP contribution in [0.1, 0.15) is 33.5 Å². The molecule has 0 saturated heterocycles. The van der Waals surface area contributed by atoms with Crippen molar-refractivity contribution in [2.75, 3.05) is 6.61 Å². The van der Waals surface area contributed by atoms with Gasteiger partial charge in [0.1, 0.15) is 11.2 Å². The number of ether oxygens (including phenoxy) is 1. The highest BCUT2D eigenvalue weighted by molar-refractivity contribution is 7.19. The van der Waals surface area contributed by atoms with Gasteiger partial charge in [-0.05, 0) is 42.9 Å². The molecule has 0 aliphatic heterocycles.